The summed E-state index contributed by atoms with van der Waals surface area (Å²) in [6, 6.07) is 10.6. The lowest BCUT2D eigenvalue weighted by Gasteiger charge is -2.38. The lowest BCUT2D eigenvalue weighted by Crippen LogP contribution is -2.47. The Labute approximate surface area is 261 Å². The minimum Gasteiger partial charge on any atom is -0.496 e. The number of piperidine rings is 1. The molecular formula is C32H38ClN3O6S. The maximum absolute atomic E-state index is 11.6. The van der Waals surface area contributed by atoms with Crippen molar-refractivity contribution >= 4 is 34.0 Å². The summed E-state index contributed by atoms with van der Waals surface area (Å²) in [5.74, 6) is 0.155. The maximum atomic E-state index is 11.6. The summed E-state index contributed by atoms with van der Waals surface area (Å²) in [5, 5.41) is 12.9. The van der Waals surface area contributed by atoms with Gasteiger partial charge in [-0.1, -0.05) is 23.7 Å². The number of nitrogens with zero attached hydrogens (tertiary/aromatic N) is 3. The standard InChI is InChI=1S/C32H38ClN3O6S/c1-39-28-15-20(14-21-6-10-35(16-25(21)28)22-8-12-41-13-9-22)18-42-30-23(4-3-5-26(30)33)27-19-43-32(34-27)36-11-7-24(31(37)38)29(17-36)40-2/h3-5,14-15,19,22,24,29H,6-13,16-18H2,1-2H3,(H,37,38)/t24-,29+/m0/s1. The zero-order valence-corrected chi connectivity index (χ0v) is 26.2. The smallest absolute Gasteiger partial charge is 0.309 e. The second-order valence-electron chi connectivity index (χ2n) is 11.4. The molecule has 1 aromatic heterocycles. The molecule has 230 valence electrons. The van der Waals surface area contributed by atoms with Crippen LogP contribution in [0.2, 0.25) is 5.02 Å². The van der Waals surface area contributed by atoms with Gasteiger partial charge in [0.15, 0.2) is 5.13 Å². The highest BCUT2D eigenvalue weighted by Crippen LogP contribution is 2.40. The lowest BCUT2D eigenvalue weighted by molar-refractivity contribution is -0.147. The molecule has 0 bridgehead atoms. The van der Waals surface area contributed by atoms with Gasteiger partial charge >= 0.3 is 5.97 Å². The van der Waals surface area contributed by atoms with Crippen molar-refractivity contribution in [1.82, 2.24) is 9.88 Å². The van der Waals surface area contributed by atoms with E-state index in [-0.39, 0.29) is 6.10 Å². The highest BCUT2D eigenvalue weighted by atomic mass is 35.5. The number of fused-ring (bicyclic) bond motifs is 1. The van der Waals surface area contributed by atoms with Gasteiger partial charge < -0.3 is 29.0 Å². The summed E-state index contributed by atoms with van der Waals surface area (Å²) >= 11 is 8.20. The number of halogens is 1. The maximum Gasteiger partial charge on any atom is 0.309 e. The molecule has 0 amide bonds. The molecule has 2 atom stereocenters. The van der Waals surface area contributed by atoms with Crippen molar-refractivity contribution < 1.29 is 28.8 Å². The van der Waals surface area contributed by atoms with E-state index in [9.17, 15) is 9.90 Å². The average molecular weight is 628 g/mol. The first-order valence-corrected chi connectivity index (χ1v) is 16.1. The van der Waals surface area contributed by atoms with E-state index in [1.165, 1.54) is 22.5 Å². The lowest BCUT2D eigenvalue weighted by atomic mass is 9.94. The number of hydrogen-bond acceptors (Lipinski definition) is 9. The number of carboxylic acid groups (broad SMARTS) is 1. The van der Waals surface area contributed by atoms with Crippen molar-refractivity contribution in [3.63, 3.8) is 0 Å². The third-order valence-electron chi connectivity index (χ3n) is 8.89. The number of ether oxygens (including phenoxy) is 4. The van der Waals surface area contributed by atoms with Gasteiger partial charge in [0.1, 0.15) is 18.1 Å². The van der Waals surface area contributed by atoms with Crippen molar-refractivity contribution in [2.24, 2.45) is 5.92 Å². The number of carbonyl (C=O) groups is 1. The highest BCUT2D eigenvalue weighted by Gasteiger charge is 2.35. The van der Waals surface area contributed by atoms with E-state index in [0.717, 1.165) is 73.3 Å². The Morgan fingerprint density at radius 1 is 1.19 bits per heavy atom. The van der Waals surface area contributed by atoms with Crippen LogP contribution in [-0.2, 0) is 33.8 Å². The number of anilines is 1. The highest BCUT2D eigenvalue weighted by molar-refractivity contribution is 7.14. The molecule has 2 fully saturated rings. The van der Waals surface area contributed by atoms with Gasteiger partial charge in [-0.25, -0.2) is 4.98 Å². The molecule has 2 saturated heterocycles. The largest absolute Gasteiger partial charge is 0.496 e. The van der Waals surface area contributed by atoms with E-state index in [1.807, 2.05) is 23.6 Å². The van der Waals surface area contributed by atoms with E-state index < -0.39 is 11.9 Å². The average Bonchev–Trinajstić information content (AvgIpc) is 3.54. The monoisotopic (exact) mass is 627 g/mol. The Morgan fingerprint density at radius 3 is 2.79 bits per heavy atom. The fourth-order valence-electron chi connectivity index (χ4n) is 6.50. The number of aliphatic carboxylic acids is 1. The van der Waals surface area contributed by atoms with Gasteiger partial charge in [-0.15, -0.1) is 11.3 Å². The number of methoxy groups -OCH3 is 2. The molecule has 9 nitrogen and oxygen atoms in total. The third-order valence-corrected chi connectivity index (χ3v) is 10.1. The van der Waals surface area contributed by atoms with Crippen molar-refractivity contribution in [2.45, 2.75) is 51.0 Å². The zero-order valence-electron chi connectivity index (χ0n) is 24.6. The topological polar surface area (TPSA) is 93.6 Å². The summed E-state index contributed by atoms with van der Waals surface area (Å²) in [4.78, 5) is 21.2. The molecule has 0 spiro atoms. The van der Waals surface area contributed by atoms with Crippen LogP contribution in [0.3, 0.4) is 0 Å². The molecule has 0 saturated carbocycles. The number of para-hydroxylation sites is 1. The van der Waals surface area contributed by atoms with E-state index in [2.05, 4.69) is 21.9 Å². The van der Waals surface area contributed by atoms with Gasteiger partial charge in [0.05, 0.1) is 29.8 Å². The molecule has 11 heteroatoms. The van der Waals surface area contributed by atoms with Gasteiger partial charge in [-0.3, -0.25) is 9.69 Å². The fourth-order valence-corrected chi connectivity index (χ4v) is 7.59. The fraction of sp³-hybridized carbons (Fsp3) is 0.500. The zero-order chi connectivity index (χ0) is 29.9. The Balaban J connectivity index is 1.18. The summed E-state index contributed by atoms with van der Waals surface area (Å²) in [7, 11) is 3.30. The Bertz CT molecular complexity index is 1430. The number of thiazole rings is 1. The number of hydrogen-bond donors (Lipinski definition) is 1. The summed E-state index contributed by atoms with van der Waals surface area (Å²) in [6.07, 6.45) is 3.26. The molecule has 0 unspecified atom stereocenters. The van der Waals surface area contributed by atoms with Crippen LogP contribution in [0.1, 0.15) is 36.0 Å². The van der Waals surface area contributed by atoms with Crippen LogP contribution >= 0.6 is 22.9 Å². The third kappa shape index (κ3) is 6.49. The summed E-state index contributed by atoms with van der Waals surface area (Å²) in [5.41, 5.74) is 5.19. The van der Waals surface area contributed by atoms with Crippen LogP contribution < -0.4 is 14.4 Å². The second kappa shape index (κ2) is 13.4. The predicted molar refractivity (Wildman–Crippen MR) is 167 cm³/mol. The Kier molecular flexibility index (Phi) is 9.39. The molecule has 4 heterocycles. The first-order chi connectivity index (χ1) is 20.9. The van der Waals surface area contributed by atoms with Crippen molar-refractivity contribution in [1.29, 1.82) is 0 Å². The van der Waals surface area contributed by atoms with Crippen LogP contribution in [0.4, 0.5) is 5.13 Å². The minimum atomic E-state index is -0.819. The quantitative estimate of drug-likeness (QED) is 0.329. The number of aromatic nitrogens is 1. The predicted octanol–water partition coefficient (Wildman–Crippen LogP) is 5.51. The molecule has 0 radical (unpaired) electrons. The molecule has 1 N–H and O–H groups in total. The Hall–Kier alpha value is -2.89. The molecule has 3 aliphatic rings. The van der Waals surface area contributed by atoms with Crippen molar-refractivity contribution in [3.8, 4) is 22.8 Å². The molecule has 0 aliphatic carbocycles. The molecule has 3 aromatic rings. The Morgan fingerprint density at radius 2 is 2.02 bits per heavy atom. The van der Waals surface area contributed by atoms with Gasteiger partial charge in [0, 0.05) is 69.1 Å². The molecule has 43 heavy (non-hydrogen) atoms. The van der Waals surface area contributed by atoms with Crippen LogP contribution in [0, 0.1) is 5.92 Å². The SMILES string of the molecule is COc1cc(COc2c(Cl)cccc2-c2csc(N3CC[C@H](C(=O)O)[C@H](OC)C3)n2)cc2c1CN(C1CCOCC1)CC2. The van der Waals surface area contributed by atoms with Crippen molar-refractivity contribution in [2.75, 3.05) is 52.0 Å². The van der Waals surface area contributed by atoms with Gasteiger partial charge in [0.2, 0.25) is 0 Å². The normalized spacial score (nSPS) is 21.4. The van der Waals surface area contributed by atoms with E-state index in [0.29, 0.717) is 42.9 Å². The van der Waals surface area contributed by atoms with Crippen LogP contribution in [0.25, 0.3) is 11.3 Å². The molecular weight excluding hydrogens is 590 g/mol. The van der Waals surface area contributed by atoms with E-state index in [4.69, 9.17) is 35.5 Å². The summed E-state index contributed by atoms with van der Waals surface area (Å²) < 4.78 is 23.3. The molecule has 6 rings (SSSR count). The van der Waals surface area contributed by atoms with Crippen LogP contribution in [0.5, 0.6) is 11.5 Å². The number of rotatable bonds is 9. The molecule has 3 aliphatic heterocycles. The first kappa shape index (κ1) is 30.1. The minimum absolute atomic E-state index is 0.346. The second-order valence-corrected chi connectivity index (χ2v) is 12.6. The van der Waals surface area contributed by atoms with Crippen LogP contribution in [0.15, 0.2) is 35.7 Å². The summed E-state index contributed by atoms with van der Waals surface area (Å²) in [6.45, 7) is 5.04. The number of carboxylic acids is 1. The van der Waals surface area contributed by atoms with Gasteiger partial charge in [0.25, 0.3) is 0 Å². The van der Waals surface area contributed by atoms with Crippen molar-refractivity contribution in [3.05, 3.63) is 57.4 Å². The van der Waals surface area contributed by atoms with Gasteiger partial charge in [-0.2, -0.15) is 0 Å². The van der Waals surface area contributed by atoms with E-state index >= 15 is 0 Å². The van der Waals surface area contributed by atoms with Crippen LogP contribution in [-0.4, -0.2) is 80.2 Å². The first-order valence-electron chi connectivity index (χ1n) is 14.8. The van der Waals surface area contributed by atoms with Gasteiger partial charge in [-0.05, 0) is 55.0 Å². The van der Waals surface area contributed by atoms with E-state index in [1.54, 1.807) is 14.2 Å². The number of benzene rings is 2. The molecule has 2 aromatic carbocycles.